The van der Waals surface area contributed by atoms with Crippen molar-refractivity contribution in [3.05, 3.63) is 0 Å². The molecule has 1 aliphatic carbocycles. The summed E-state index contributed by atoms with van der Waals surface area (Å²) in [4.78, 5) is 0. The topological polar surface area (TPSA) is 0 Å². The second-order valence-electron chi connectivity index (χ2n) is 6.56. The summed E-state index contributed by atoms with van der Waals surface area (Å²) < 4.78 is 1.29. The quantitative estimate of drug-likeness (QED) is 0.424. The molecule has 17 heavy (non-hydrogen) atoms. The zero-order valence-corrected chi connectivity index (χ0v) is 12.5. The number of hydrogen-bond acceptors (Lipinski definition) is 0. The van der Waals surface area contributed by atoms with Crippen molar-refractivity contribution in [2.45, 2.75) is 83.6 Å². The molecule has 0 amide bonds. The van der Waals surface area contributed by atoms with Crippen LogP contribution in [0.3, 0.4) is 0 Å². The van der Waals surface area contributed by atoms with Gasteiger partial charge in [-0.05, 0) is 38.5 Å². The summed E-state index contributed by atoms with van der Waals surface area (Å²) in [6.07, 6.45) is 16.0. The maximum atomic E-state index is 2.46. The average molecular weight is 240 g/mol. The Morgan fingerprint density at radius 3 is 2.06 bits per heavy atom. The number of rotatable bonds is 8. The monoisotopic (exact) mass is 240 g/mol. The third kappa shape index (κ3) is 5.90. The molecule has 0 aromatic rings. The minimum atomic E-state index is 0.958. The minimum absolute atomic E-state index is 0.958. The lowest BCUT2D eigenvalue weighted by Crippen LogP contribution is -2.50. The molecule has 0 atom stereocenters. The molecule has 1 fully saturated rings. The highest BCUT2D eigenvalue weighted by Crippen LogP contribution is 2.26. The normalized spacial score (nSPS) is 18.5. The first-order chi connectivity index (χ1) is 8.17. The van der Waals surface area contributed by atoms with E-state index in [1.807, 2.05) is 0 Å². The van der Waals surface area contributed by atoms with Crippen LogP contribution >= 0.6 is 0 Å². The van der Waals surface area contributed by atoms with E-state index in [9.17, 15) is 0 Å². The summed E-state index contributed by atoms with van der Waals surface area (Å²) in [6.45, 7) is 3.69. The molecule has 0 N–H and O–H groups in total. The van der Waals surface area contributed by atoms with Gasteiger partial charge in [-0.25, -0.2) is 0 Å². The summed E-state index contributed by atoms with van der Waals surface area (Å²) in [6, 6.07) is 0.958. The van der Waals surface area contributed by atoms with Gasteiger partial charge in [-0.15, -0.1) is 0 Å². The van der Waals surface area contributed by atoms with Crippen LogP contribution in [-0.4, -0.2) is 31.2 Å². The molecule has 0 unspecified atom stereocenters. The van der Waals surface area contributed by atoms with Crippen LogP contribution in [0.25, 0.3) is 0 Å². The van der Waals surface area contributed by atoms with E-state index in [0.29, 0.717) is 0 Å². The fourth-order valence-electron chi connectivity index (χ4n) is 3.26. The van der Waals surface area contributed by atoms with Gasteiger partial charge in [0.1, 0.15) is 0 Å². The van der Waals surface area contributed by atoms with Crippen molar-refractivity contribution in [3.63, 3.8) is 0 Å². The predicted octanol–water partition coefficient (Wildman–Crippen LogP) is 4.76. The van der Waals surface area contributed by atoms with Crippen molar-refractivity contribution in [3.8, 4) is 0 Å². The lowest BCUT2D eigenvalue weighted by molar-refractivity contribution is -0.916. The van der Waals surface area contributed by atoms with E-state index in [1.54, 1.807) is 0 Å². The van der Waals surface area contributed by atoms with Crippen LogP contribution in [0.4, 0.5) is 0 Å². The van der Waals surface area contributed by atoms with E-state index in [2.05, 4.69) is 21.0 Å². The third-order valence-electron chi connectivity index (χ3n) is 4.65. The van der Waals surface area contributed by atoms with Crippen molar-refractivity contribution < 1.29 is 4.48 Å². The number of hydrogen-bond donors (Lipinski definition) is 0. The van der Waals surface area contributed by atoms with Gasteiger partial charge < -0.3 is 4.48 Å². The van der Waals surface area contributed by atoms with Crippen LogP contribution in [0.15, 0.2) is 0 Å². The second-order valence-corrected chi connectivity index (χ2v) is 6.56. The maximum absolute atomic E-state index is 2.46. The Hall–Kier alpha value is -0.0400. The Balaban J connectivity index is 2.10. The second kappa shape index (κ2) is 8.13. The lowest BCUT2D eigenvalue weighted by Gasteiger charge is -2.40. The number of nitrogens with zero attached hydrogens (tertiary/aromatic N) is 1. The summed E-state index contributed by atoms with van der Waals surface area (Å²) in [7, 11) is 4.92. The van der Waals surface area contributed by atoms with Crippen LogP contribution in [0.1, 0.15) is 77.6 Å². The highest BCUT2D eigenvalue weighted by atomic mass is 15.3. The Morgan fingerprint density at radius 2 is 1.41 bits per heavy atom. The summed E-state index contributed by atoms with van der Waals surface area (Å²) in [5.41, 5.74) is 0. The van der Waals surface area contributed by atoms with Gasteiger partial charge in [-0.2, -0.15) is 0 Å². The molecule has 0 bridgehead atoms. The minimum Gasteiger partial charge on any atom is -0.326 e. The Kier molecular flexibility index (Phi) is 7.18. The van der Waals surface area contributed by atoms with Crippen LogP contribution in [0.5, 0.6) is 0 Å². The van der Waals surface area contributed by atoms with Crippen molar-refractivity contribution in [1.29, 1.82) is 0 Å². The van der Waals surface area contributed by atoms with Crippen LogP contribution < -0.4 is 0 Å². The zero-order valence-electron chi connectivity index (χ0n) is 12.5. The van der Waals surface area contributed by atoms with Crippen LogP contribution in [0, 0.1) is 0 Å². The Morgan fingerprint density at radius 1 is 0.824 bits per heavy atom. The molecule has 1 heteroatoms. The number of quaternary nitrogens is 1. The molecule has 0 radical (unpaired) electrons. The molecular formula is C16H34N+. The van der Waals surface area contributed by atoms with Gasteiger partial charge >= 0.3 is 0 Å². The highest BCUT2D eigenvalue weighted by Gasteiger charge is 2.28. The fraction of sp³-hybridized carbons (Fsp3) is 1.00. The first-order valence-electron chi connectivity index (χ1n) is 7.99. The average Bonchev–Trinajstić information content (AvgIpc) is 2.35. The molecule has 0 saturated heterocycles. The summed E-state index contributed by atoms with van der Waals surface area (Å²) in [5, 5.41) is 0. The van der Waals surface area contributed by atoms with Gasteiger partial charge in [0.25, 0.3) is 0 Å². The molecule has 1 saturated carbocycles. The molecule has 0 aromatic heterocycles. The summed E-state index contributed by atoms with van der Waals surface area (Å²) >= 11 is 0. The van der Waals surface area contributed by atoms with Gasteiger partial charge in [0.15, 0.2) is 0 Å². The van der Waals surface area contributed by atoms with Crippen molar-refractivity contribution in [1.82, 2.24) is 0 Å². The SMILES string of the molecule is CCCCCCCC[N+](C)(C)C1CCCCC1. The molecule has 1 aliphatic rings. The lowest BCUT2D eigenvalue weighted by atomic mass is 9.93. The van der Waals surface area contributed by atoms with Crippen molar-refractivity contribution >= 4 is 0 Å². The molecular weight excluding hydrogens is 206 g/mol. The largest absolute Gasteiger partial charge is 0.326 e. The first-order valence-corrected chi connectivity index (χ1v) is 7.99. The molecule has 1 rings (SSSR count). The standard InChI is InChI=1S/C16H34N/c1-4-5-6-7-8-12-15-17(2,3)16-13-10-9-11-14-16/h16H,4-15H2,1-3H3/q+1. The van der Waals surface area contributed by atoms with E-state index in [4.69, 9.17) is 0 Å². The summed E-state index contributed by atoms with van der Waals surface area (Å²) in [5.74, 6) is 0. The van der Waals surface area contributed by atoms with E-state index in [0.717, 1.165) is 6.04 Å². The molecule has 1 nitrogen and oxygen atoms in total. The Labute approximate surface area is 109 Å². The van der Waals surface area contributed by atoms with E-state index < -0.39 is 0 Å². The van der Waals surface area contributed by atoms with Gasteiger partial charge in [-0.3, -0.25) is 0 Å². The van der Waals surface area contributed by atoms with Crippen molar-refractivity contribution in [2.75, 3.05) is 20.6 Å². The number of unbranched alkanes of at least 4 members (excludes halogenated alkanes) is 5. The molecule has 102 valence electrons. The van der Waals surface area contributed by atoms with E-state index in [-0.39, 0.29) is 0 Å². The first kappa shape index (κ1) is 15.0. The third-order valence-corrected chi connectivity index (χ3v) is 4.65. The van der Waals surface area contributed by atoms with Gasteiger partial charge in [-0.1, -0.05) is 39.0 Å². The maximum Gasteiger partial charge on any atom is 0.0886 e. The predicted molar refractivity (Wildman–Crippen MR) is 77.2 cm³/mol. The smallest absolute Gasteiger partial charge is 0.0886 e. The van der Waals surface area contributed by atoms with Crippen molar-refractivity contribution in [2.24, 2.45) is 0 Å². The van der Waals surface area contributed by atoms with Crippen LogP contribution in [0.2, 0.25) is 0 Å². The van der Waals surface area contributed by atoms with Crippen LogP contribution in [-0.2, 0) is 0 Å². The molecule has 0 aromatic carbocycles. The van der Waals surface area contributed by atoms with Gasteiger partial charge in [0.05, 0.1) is 26.7 Å². The van der Waals surface area contributed by atoms with E-state index in [1.165, 1.54) is 81.7 Å². The van der Waals surface area contributed by atoms with Gasteiger partial charge in [0, 0.05) is 0 Å². The molecule has 0 heterocycles. The zero-order chi connectivity index (χ0) is 12.6. The Bertz CT molecular complexity index is 180. The molecule has 0 aliphatic heterocycles. The fourth-order valence-corrected chi connectivity index (χ4v) is 3.26. The molecule has 0 spiro atoms. The van der Waals surface area contributed by atoms with E-state index >= 15 is 0 Å². The highest BCUT2D eigenvalue weighted by molar-refractivity contribution is 4.65. The van der Waals surface area contributed by atoms with Gasteiger partial charge in [0.2, 0.25) is 0 Å².